The van der Waals surface area contributed by atoms with Gasteiger partial charge in [-0.1, -0.05) is 54.6 Å². The number of anilines is 1. The third-order valence-electron chi connectivity index (χ3n) is 5.54. The van der Waals surface area contributed by atoms with Crippen molar-refractivity contribution < 1.29 is 8.42 Å². The van der Waals surface area contributed by atoms with Crippen molar-refractivity contribution in [3.63, 3.8) is 0 Å². The van der Waals surface area contributed by atoms with Crippen LogP contribution < -0.4 is 4.90 Å². The Bertz CT molecular complexity index is 1090. The molecule has 0 saturated carbocycles. The Hall–Kier alpha value is -2.41. The van der Waals surface area contributed by atoms with Crippen LogP contribution in [0.4, 0.5) is 5.69 Å². The molecule has 0 aromatic heterocycles. The molecule has 0 radical (unpaired) electrons. The second-order valence-electron chi connectivity index (χ2n) is 7.69. The maximum atomic E-state index is 13.4. The van der Waals surface area contributed by atoms with Gasteiger partial charge in [-0.05, 0) is 17.7 Å². The normalized spacial score (nSPS) is 16.2. The number of fused-ring (bicyclic) bond motifs is 1. The predicted octanol–water partition coefficient (Wildman–Crippen LogP) is 3.41. The van der Waals surface area contributed by atoms with Crippen molar-refractivity contribution in [1.82, 2.24) is 9.21 Å². The van der Waals surface area contributed by atoms with Gasteiger partial charge in [0.15, 0.2) is 0 Å². The second-order valence-corrected chi connectivity index (χ2v) is 9.60. The van der Waals surface area contributed by atoms with E-state index < -0.39 is 10.0 Å². The summed E-state index contributed by atoms with van der Waals surface area (Å²) in [4.78, 5) is 4.73. The number of sulfonamides is 1. The van der Waals surface area contributed by atoms with Crippen molar-refractivity contribution in [2.75, 3.05) is 45.2 Å². The van der Waals surface area contributed by atoms with Crippen molar-refractivity contribution >= 4 is 26.5 Å². The lowest BCUT2D eigenvalue weighted by Gasteiger charge is -2.34. The van der Waals surface area contributed by atoms with Crippen molar-refractivity contribution in [2.45, 2.75) is 11.4 Å². The number of nitrogens with zero attached hydrogens (tertiary/aromatic N) is 3. The molecule has 0 atom stereocenters. The van der Waals surface area contributed by atoms with Gasteiger partial charge in [0.25, 0.3) is 0 Å². The van der Waals surface area contributed by atoms with E-state index in [2.05, 4.69) is 17.0 Å². The molecule has 0 N–H and O–H groups in total. The average Bonchev–Trinajstić information content (AvgIpc) is 2.74. The SMILES string of the molecule is CN(C)c1cccc2c(S(=O)(=O)N3CCN(Cc4ccccc4)CC3)cccc12. The topological polar surface area (TPSA) is 43.9 Å². The Morgan fingerprint density at radius 2 is 1.45 bits per heavy atom. The van der Waals surface area contributed by atoms with Crippen LogP contribution in [0, 0.1) is 0 Å². The highest BCUT2D eigenvalue weighted by Crippen LogP contribution is 2.32. The van der Waals surface area contributed by atoms with E-state index in [9.17, 15) is 8.42 Å². The summed E-state index contributed by atoms with van der Waals surface area (Å²) in [6, 6.07) is 21.7. The summed E-state index contributed by atoms with van der Waals surface area (Å²) in [5.41, 5.74) is 2.28. The van der Waals surface area contributed by atoms with Gasteiger partial charge in [-0.3, -0.25) is 4.90 Å². The van der Waals surface area contributed by atoms with Crippen LogP contribution in [0.1, 0.15) is 5.56 Å². The lowest BCUT2D eigenvalue weighted by molar-refractivity contribution is 0.181. The maximum Gasteiger partial charge on any atom is 0.243 e. The molecule has 4 rings (SSSR count). The summed E-state index contributed by atoms with van der Waals surface area (Å²) < 4.78 is 28.5. The van der Waals surface area contributed by atoms with Crippen molar-refractivity contribution in [2.24, 2.45) is 0 Å². The fourth-order valence-corrected chi connectivity index (χ4v) is 5.62. The lowest BCUT2D eigenvalue weighted by atomic mass is 10.1. The van der Waals surface area contributed by atoms with Gasteiger partial charge in [-0.25, -0.2) is 8.42 Å². The molecule has 1 fully saturated rings. The van der Waals surface area contributed by atoms with Crippen molar-refractivity contribution in [1.29, 1.82) is 0 Å². The van der Waals surface area contributed by atoms with Crippen LogP contribution in [-0.2, 0) is 16.6 Å². The molecule has 0 unspecified atom stereocenters. The summed E-state index contributed by atoms with van der Waals surface area (Å²) in [6.45, 7) is 3.36. The van der Waals surface area contributed by atoms with E-state index in [0.29, 0.717) is 18.0 Å². The minimum absolute atomic E-state index is 0.398. The summed E-state index contributed by atoms with van der Waals surface area (Å²) in [5.74, 6) is 0. The van der Waals surface area contributed by atoms with Gasteiger partial charge in [-0.2, -0.15) is 4.31 Å². The van der Waals surface area contributed by atoms with Crippen LogP contribution in [-0.4, -0.2) is 57.9 Å². The highest BCUT2D eigenvalue weighted by Gasteiger charge is 2.30. The molecule has 6 heteroatoms. The largest absolute Gasteiger partial charge is 0.377 e. The van der Waals surface area contributed by atoms with Gasteiger partial charge >= 0.3 is 0 Å². The number of hydrogen-bond donors (Lipinski definition) is 0. The first-order valence-corrected chi connectivity index (χ1v) is 11.4. The number of rotatable bonds is 5. The molecular weight excluding hydrogens is 382 g/mol. The van der Waals surface area contributed by atoms with Gasteiger partial charge in [0.05, 0.1) is 4.90 Å². The Morgan fingerprint density at radius 1 is 0.793 bits per heavy atom. The molecule has 152 valence electrons. The molecule has 1 saturated heterocycles. The summed E-state index contributed by atoms with van der Waals surface area (Å²) in [7, 11) is 0.409. The van der Waals surface area contributed by atoms with Crippen LogP contribution in [0.2, 0.25) is 0 Å². The van der Waals surface area contributed by atoms with Crippen LogP contribution in [0.25, 0.3) is 10.8 Å². The van der Waals surface area contributed by atoms with E-state index >= 15 is 0 Å². The van der Waals surface area contributed by atoms with Crippen LogP contribution in [0.15, 0.2) is 71.6 Å². The first-order chi connectivity index (χ1) is 14.0. The monoisotopic (exact) mass is 409 g/mol. The predicted molar refractivity (Wildman–Crippen MR) is 119 cm³/mol. The first kappa shape index (κ1) is 19.9. The van der Waals surface area contributed by atoms with Gasteiger partial charge in [0.2, 0.25) is 10.0 Å². The summed E-state index contributed by atoms with van der Waals surface area (Å²) >= 11 is 0. The number of hydrogen-bond acceptors (Lipinski definition) is 4. The molecule has 3 aromatic rings. The Morgan fingerprint density at radius 3 is 2.14 bits per heavy atom. The minimum Gasteiger partial charge on any atom is -0.377 e. The first-order valence-electron chi connectivity index (χ1n) is 9.92. The molecule has 0 bridgehead atoms. The van der Waals surface area contributed by atoms with E-state index in [1.165, 1.54) is 5.56 Å². The van der Waals surface area contributed by atoms with E-state index in [1.807, 2.05) is 67.5 Å². The smallest absolute Gasteiger partial charge is 0.243 e. The highest BCUT2D eigenvalue weighted by atomic mass is 32.2. The highest BCUT2D eigenvalue weighted by molar-refractivity contribution is 7.89. The third kappa shape index (κ3) is 4.01. The van der Waals surface area contributed by atoms with Gasteiger partial charge in [-0.15, -0.1) is 0 Å². The van der Waals surface area contributed by atoms with E-state index in [1.54, 1.807) is 10.4 Å². The lowest BCUT2D eigenvalue weighted by Crippen LogP contribution is -2.48. The quantitative estimate of drug-likeness (QED) is 0.648. The molecule has 0 amide bonds. The molecule has 3 aromatic carbocycles. The second kappa shape index (κ2) is 8.14. The fraction of sp³-hybridized carbons (Fsp3) is 0.304. The van der Waals surface area contributed by atoms with Crippen LogP contribution in [0.5, 0.6) is 0 Å². The molecule has 1 aliphatic rings. The standard InChI is InChI=1S/C23H27N3O2S/c1-24(2)22-12-6-11-21-20(22)10-7-13-23(21)29(27,28)26-16-14-25(15-17-26)18-19-8-4-3-5-9-19/h3-13H,14-18H2,1-2H3. The van der Waals surface area contributed by atoms with Gasteiger partial charge in [0, 0.05) is 63.3 Å². The zero-order valence-corrected chi connectivity index (χ0v) is 17.8. The molecular formula is C23H27N3O2S. The third-order valence-corrected chi connectivity index (χ3v) is 7.50. The zero-order valence-electron chi connectivity index (χ0n) is 17.0. The fourth-order valence-electron chi connectivity index (χ4n) is 3.99. The summed E-state index contributed by atoms with van der Waals surface area (Å²) in [5, 5.41) is 1.74. The molecule has 1 aliphatic heterocycles. The van der Waals surface area contributed by atoms with Gasteiger partial charge < -0.3 is 4.90 Å². The Balaban J connectivity index is 1.56. The Labute approximate surface area is 173 Å². The van der Waals surface area contributed by atoms with E-state index in [0.717, 1.165) is 36.1 Å². The van der Waals surface area contributed by atoms with Crippen LogP contribution in [0.3, 0.4) is 0 Å². The van der Waals surface area contributed by atoms with Crippen molar-refractivity contribution in [3.05, 3.63) is 72.3 Å². The average molecular weight is 410 g/mol. The minimum atomic E-state index is -3.54. The summed E-state index contributed by atoms with van der Waals surface area (Å²) in [6.07, 6.45) is 0. The molecule has 0 aliphatic carbocycles. The molecule has 1 heterocycles. The van der Waals surface area contributed by atoms with Crippen molar-refractivity contribution in [3.8, 4) is 0 Å². The molecule has 0 spiro atoms. The van der Waals surface area contributed by atoms with E-state index in [4.69, 9.17) is 0 Å². The Kier molecular flexibility index (Phi) is 5.58. The molecule has 5 nitrogen and oxygen atoms in total. The number of benzene rings is 3. The zero-order chi connectivity index (χ0) is 20.4. The number of piperazine rings is 1. The maximum absolute atomic E-state index is 13.4. The van der Waals surface area contributed by atoms with Gasteiger partial charge in [0.1, 0.15) is 0 Å². The molecule has 29 heavy (non-hydrogen) atoms. The van der Waals surface area contributed by atoms with Crippen LogP contribution >= 0.6 is 0 Å². The van der Waals surface area contributed by atoms with E-state index in [-0.39, 0.29) is 0 Å².